The summed E-state index contributed by atoms with van der Waals surface area (Å²) in [6, 6.07) is 2.60. The van der Waals surface area contributed by atoms with Crippen molar-refractivity contribution in [3.05, 3.63) is 38.6 Å². The molecule has 2 aromatic rings. The minimum absolute atomic E-state index is 0.0105. The van der Waals surface area contributed by atoms with Crippen molar-refractivity contribution in [2.75, 3.05) is 0 Å². The molecule has 0 saturated heterocycles. The largest absolute Gasteiger partial charge is 0.298 e. The van der Waals surface area contributed by atoms with Gasteiger partial charge in [0, 0.05) is 22.3 Å². The average Bonchev–Trinajstić information content (AvgIpc) is 3.23. The van der Waals surface area contributed by atoms with Crippen molar-refractivity contribution < 1.29 is 14.0 Å². The first-order chi connectivity index (χ1) is 12.4. The van der Waals surface area contributed by atoms with E-state index in [4.69, 9.17) is 23.2 Å². The lowest BCUT2D eigenvalue weighted by Gasteiger charge is -2.24. The molecule has 2 aliphatic carbocycles. The van der Waals surface area contributed by atoms with Crippen molar-refractivity contribution in [2.24, 2.45) is 11.8 Å². The normalized spacial score (nSPS) is 25.2. The molecule has 2 aliphatic rings. The molecule has 1 heterocycles. The average molecular weight is 412 g/mol. The van der Waals surface area contributed by atoms with Crippen LogP contribution in [0.5, 0.6) is 0 Å². The van der Waals surface area contributed by atoms with Gasteiger partial charge in [0.1, 0.15) is 16.7 Å². The Labute approximate surface area is 164 Å². The van der Waals surface area contributed by atoms with Crippen LogP contribution in [0, 0.1) is 17.7 Å². The van der Waals surface area contributed by atoms with Gasteiger partial charge in [-0.3, -0.25) is 9.59 Å². The Balaban J connectivity index is 1.81. The molecule has 1 unspecified atom stereocenters. The third-order valence-corrected chi connectivity index (χ3v) is 7.22. The van der Waals surface area contributed by atoms with Crippen LogP contribution in [0.1, 0.15) is 42.7 Å². The van der Waals surface area contributed by atoms with Gasteiger partial charge < -0.3 is 0 Å². The number of hydrogen-bond donors (Lipinski definition) is 0. The van der Waals surface area contributed by atoms with Gasteiger partial charge in [0.05, 0.1) is 15.7 Å². The van der Waals surface area contributed by atoms with Crippen LogP contribution < -0.4 is 0 Å². The highest BCUT2D eigenvalue weighted by Crippen LogP contribution is 2.46. The molecule has 0 aliphatic heterocycles. The molecule has 1 aromatic heterocycles. The van der Waals surface area contributed by atoms with Gasteiger partial charge >= 0.3 is 0 Å². The van der Waals surface area contributed by atoms with Gasteiger partial charge in [0.25, 0.3) is 0 Å². The summed E-state index contributed by atoms with van der Waals surface area (Å²) in [5.41, 5.74) is 0.962. The Morgan fingerprint density at radius 3 is 2.42 bits per heavy atom. The number of aromatic nitrogens is 1. The molecule has 2 bridgehead atoms. The number of aryl methyl sites for hydroxylation is 1. The Morgan fingerprint density at radius 1 is 1.15 bits per heavy atom. The minimum atomic E-state index is -0.780. The molecule has 3 nitrogen and oxygen atoms in total. The molecule has 136 valence electrons. The van der Waals surface area contributed by atoms with Crippen LogP contribution in [0.2, 0.25) is 10.0 Å². The van der Waals surface area contributed by atoms with Gasteiger partial charge in [0.2, 0.25) is 0 Å². The van der Waals surface area contributed by atoms with Crippen LogP contribution in [0.25, 0.3) is 10.6 Å². The van der Waals surface area contributed by atoms with E-state index in [0.29, 0.717) is 34.1 Å². The number of nitrogens with zero attached hydrogens (tertiary/aromatic N) is 1. The van der Waals surface area contributed by atoms with Gasteiger partial charge in [-0.1, -0.05) is 30.1 Å². The molecule has 26 heavy (non-hydrogen) atoms. The zero-order chi connectivity index (χ0) is 18.6. The summed E-state index contributed by atoms with van der Waals surface area (Å²) < 4.78 is 13.9. The molecule has 2 saturated carbocycles. The second kappa shape index (κ2) is 6.70. The maximum absolute atomic E-state index is 13.9. The summed E-state index contributed by atoms with van der Waals surface area (Å²) in [6.07, 6.45) is 2.91. The maximum Gasteiger partial charge on any atom is 0.152 e. The van der Waals surface area contributed by atoms with E-state index in [0.717, 1.165) is 17.7 Å². The third kappa shape index (κ3) is 2.81. The van der Waals surface area contributed by atoms with Gasteiger partial charge in [-0.05, 0) is 37.8 Å². The number of Topliss-reactive ketones (excluding diaryl/α,β-unsaturated/α-hetero) is 2. The third-order valence-electron chi connectivity index (χ3n) is 5.37. The summed E-state index contributed by atoms with van der Waals surface area (Å²) in [5, 5.41) is 0.747. The highest BCUT2D eigenvalue weighted by molar-refractivity contribution is 7.15. The summed E-state index contributed by atoms with van der Waals surface area (Å²) in [7, 11) is 0. The number of ketones is 2. The van der Waals surface area contributed by atoms with Crippen LogP contribution >= 0.6 is 34.5 Å². The SMILES string of the molecule is CCc1sc(-c2cc(F)c(Cl)cc2Cl)nc1C1C(=O)[C@@H]2CC[C@@H](C2)C1=O. The highest BCUT2D eigenvalue weighted by atomic mass is 35.5. The van der Waals surface area contributed by atoms with Gasteiger partial charge in [0.15, 0.2) is 11.6 Å². The lowest BCUT2D eigenvalue weighted by molar-refractivity contribution is -0.136. The van der Waals surface area contributed by atoms with Crippen LogP contribution in [-0.4, -0.2) is 16.6 Å². The molecular weight excluding hydrogens is 396 g/mol. The van der Waals surface area contributed by atoms with Gasteiger partial charge in [-0.25, -0.2) is 9.37 Å². The highest BCUT2D eigenvalue weighted by Gasteiger charge is 2.48. The number of fused-ring (bicyclic) bond motifs is 2. The summed E-state index contributed by atoms with van der Waals surface area (Å²) in [5.74, 6) is -1.45. The van der Waals surface area contributed by atoms with Gasteiger partial charge in [-0.2, -0.15) is 0 Å². The first-order valence-corrected chi connectivity index (χ1v) is 10.2. The van der Waals surface area contributed by atoms with Crippen LogP contribution in [0.3, 0.4) is 0 Å². The molecule has 0 spiro atoms. The molecule has 4 rings (SSSR count). The fraction of sp³-hybridized carbons (Fsp3) is 0.421. The fourth-order valence-electron chi connectivity index (χ4n) is 4.02. The first-order valence-electron chi connectivity index (χ1n) is 8.62. The van der Waals surface area contributed by atoms with Crippen LogP contribution in [0.4, 0.5) is 4.39 Å². The van der Waals surface area contributed by atoms with E-state index in [1.54, 1.807) is 0 Å². The summed E-state index contributed by atoms with van der Waals surface area (Å²) in [4.78, 5) is 31.1. The molecule has 3 atom stereocenters. The Morgan fingerprint density at radius 2 is 1.81 bits per heavy atom. The topological polar surface area (TPSA) is 47.0 Å². The quantitative estimate of drug-likeness (QED) is 0.496. The smallest absolute Gasteiger partial charge is 0.152 e. The van der Waals surface area contributed by atoms with Crippen molar-refractivity contribution in [2.45, 2.75) is 38.5 Å². The second-order valence-corrected chi connectivity index (χ2v) is 8.77. The van der Waals surface area contributed by atoms with E-state index in [-0.39, 0.29) is 28.4 Å². The summed E-state index contributed by atoms with van der Waals surface area (Å²) in [6.45, 7) is 1.96. The lowest BCUT2D eigenvalue weighted by Crippen LogP contribution is -2.35. The monoisotopic (exact) mass is 411 g/mol. The second-order valence-electron chi connectivity index (χ2n) is 6.87. The zero-order valence-electron chi connectivity index (χ0n) is 14.0. The number of carbonyl (C=O) groups is 2. The van der Waals surface area contributed by atoms with Crippen molar-refractivity contribution in [3.63, 3.8) is 0 Å². The van der Waals surface area contributed by atoms with E-state index >= 15 is 0 Å². The molecule has 7 heteroatoms. The Kier molecular flexibility index (Phi) is 4.66. The molecule has 0 N–H and O–H groups in total. The molecule has 0 amide bonds. The minimum Gasteiger partial charge on any atom is -0.298 e. The molecule has 2 fully saturated rings. The number of thiazole rings is 1. The van der Waals surface area contributed by atoms with Crippen LogP contribution in [-0.2, 0) is 16.0 Å². The van der Waals surface area contributed by atoms with Crippen molar-refractivity contribution in [1.82, 2.24) is 4.98 Å². The predicted molar refractivity (Wildman–Crippen MR) is 100 cm³/mol. The van der Waals surface area contributed by atoms with E-state index in [2.05, 4.69) is 4.98 Å². The zero-order valence-corrected chi connectivity index (χ0v) is 16.3. The van der Waals surface area contributed by atoms with Crippen LogP contribution in [0.15, 0.2) is 12.1 Å². The maximum atomic E-state index is 13.9. The Hall–Kier alpha value is -1.30. The first kappa shape index (κ1) is 18.1. The van der Waals surface area contributed by atoms with Gasteiger partial charge in [-0.15, -0.1) is 11.3 Å². The number of hydrogen-bond acceptors (Lipinski definition) is 4. The van der Waals surface area contributed by atoms with Crippen molar-refractivity contribution >= 4 is 46.1 Å². The van der Waals surface area contributed by atoms with E-state index in [9.17, 15) is 14.0 Å². The molecular formula is C19H16Cl2FNO2S. The predicted octanol–water partition coefficient (Wildman–Crippen LogP) is 5.47. The van der Waals surface area contributed by atoms with Crippen molar-refractivity contribution in [1.29, 1.82) is 0 Å². The number of halogens is 3. The fourth-order valence-corrected chi connectivity index (χ4v) is 5.62. The summed E-state index contributed by atoms with van der Waals surface area (Å²) >= 11 is 13.3. The standard InChI is InChI=1S/C19H16Cl2FNO2S/c1-2-14-16(15-17(24)8-3-4-9(5-8)18(15)25)23-19(26-14)10-6-13(22)12(21)7-11(10)20/h6-9,15H,2-5H2,1H3/t8-,9+,15?. The van der Waals surface area contributed by atoms with E-state index in [1.807, 2.05) is 6.92 Å². The molecule has 0 radical (unpaired) electrons. The number of rotatable bonds is 3. The lowest BCUT2D eigenvalue weighted by atomic mass is 9.77. The van der Waals surface area contributed by atoms with E-state index in [1.165, 1.54) is 23.5 Å². The van der Waals surface area contributed by atoms with Crippen molar-refractivity contribution in [3.8, 4) is 10.6 Å². The number of benzene rings is 1. The Bertz CT molecular complexity index is 905. The molecule has 1 aromatic carbocycles. The number of carbonyl (C=O) groups excluding carboxylic acids is 2. The van der Waals surface area contributed by atoms with E-state index < -0.39 is 11.7 Å².